The van der Waals surface area contributed by atoms with Gasteiger partial charge in [-0.15, -0.1) is 0 Å². The van der Waals surface area contributed by atoms with E-state index in [0.717, 1.165) is 12.1 Å². The second-order valence-electron chi connectivity index (χ2n) is 10.00. The predicted molar refractivity (Wildman–Crippen MR) is 139 cm³/mol. The molecule has 3 heterocycles. The number of aliphatic hydroxyl groups is 7. The lowest BCUT2D eigenvalue weighted by atomic mass is 9.94. The van der Waals surface area contributed by atoms with Crippen molar-refractivity contribution in [1.29, 1.82) is 0 Å². The van der Waals surface area contributed by atoms with Crippen LogP contribution in [-0.2, 0) is 9.47 Å². The third-order valence-corrected chi connectivity index (χ3v) is 7.32. The molecule has 2 saturated heterocycles. The minimum Gasteiger partial charge on any atom is -0.506 e. The molecule has 9 atom stereocenters. The Kier molecular flexibility index (Phi) is 8.30. The van der Waals surface area contributed by atoms with Crippen LogP contribution in [0.1, 0.15) is 18.1 Å². The Morgan fingerprint density at radius 3 is 2.31 bits per heavy atom. The van der Waals surface area contributed by atoms with E-state index in [0.29, 0.717) is 5.56 Å². The zero-order valence-corrected chi connectivity index (χ0v) is 22.0. The summed E-state index contributed by atoms with van der Waals surface area (Å²) in [6.07, 6.45) is -15.3. The SMILES string of the molecule is COc1cc(-c2cc(=O)c3c(O)c([C@H]4C[C@@H](O)[C@H](O)[C@H](O)O4)c(O[C@@H]4O[C@H](CO)[C@@H](O)[C@H](O)[C@H]4O)cc3o2)ccc1O. The molecule has 0 unspecified atom stereocenters. The molecule has 0 spiro atoms. The monoisotopic (exact) mass is 594 g/mol. The van der Waals surface area contributed by atoms with Gasteiger partial charge in [-0.2, -0.15) is 0 Å². The number of rotatable bonds is 6. The maximum Gasteiger partial charge on any atom is 0.229 e. The van der Waals surface area contributed by atoms with Gasteiger partial charge in [-0.05, 0) is 18.2 Å². The van der Waals surface area contributed by atoms with Gasteiger partial charge >= 0.3 is 0 Å². The van der Waals surface area contributed by atoms with Gasteiger partial charge in [0, 0.05) is 24.1 Å². The molecule has 0 aliphatic carbocycles. The van der Waals surface area contributed by atoms with Crippen molar-refractivity contribution < 1.29 is 69.3 Å². The number of ether oxygens (including phenoxy) is 4. The molecular weight excluding hydrogens is 564 g/mol. The number of aromatic hydroxyl groups is 2. The highest BCUT2D eigenvalue weighted by Crippen LogP contribution is 2.46. The average Bonchev–Trinajstić information content (AvgIpc) is 2.95. The Labute approximate surface area is 236 Å². The zero-order valence-electron chi connectivity index (χ0n) is 22.0. The quantitative estimate of drug-likeness (QED) is 0.159. The predicted octanol–water partition coefficient (Wildman–Crippen LogP) is -1.44. The summed E-state index contributed by atoms with van der Waals surface area (Å²) in [6, 6.07) is 6.39. The first-order chi connectivity index (χ1) is 19.9. The maximum absolute atomic E-state index is 13.3. The molecule has 0 radical (unpaired) electrons. The van der Waals surface area contributed by atoms with E-state index < -0.39 is 73.1 Å². The summed E-state index contributed by atoms with van der Waals surface area (Å²) in [4.78, 5) is 13.3. The van der Waals surface area contributed by atoms with Crippen molar-refractivity contribution in [3.8, 4) is 34.3 Å². The summed E-state index contributed by atoms with van der Waals surface area (Å²) < 4.78 is 27.6. The molecule has 2 aliphatic rings. The van der Waals surface area contributed by atoms with Crippen LogP contribution in [0.4, 0.5) is 0 Å². The van der Waals surface area contributed by atoms with Crippen LogP contribution < -0.4 is 14.9 Å². The lowest BCUT2D eigenvalue weighted by Crippen LogP contribution is -2.60. The molecule has 0 bridgehead atoms. The smallest absolute Gasteiger partial charge is 0.229 e. The third-order valence-electron chi connectivity index (χ3n) is 7.32. The summed E-state index contributed by atoms with van der Waals surface area (Å²) in [5.41, 5.74) is -0.939. The molecular formula is C27H30O15. The van der Waals surface area contributed by atoms with Gasteiger partial charge in [-0.3, -0.25) is 4.79 Å². The molecule has 15 heteroatoms. The summed E-state index contributed by atoms with van der Waals surface area (Å²) in [6.45, 7) is -0.753. The number of fused-ring (bicyclic) bond motifs is 1. The highest BCUT2D eigenvalue weighted by molar-refractivity contribution is 5.88. The fourth-order valence-electron chi connectivity index (χ4n) is 5.01. The molecule has 2 fully saturated rings. The van der Waals surface area contributed by atoms with Gasteiger partial charge in [-0.25, -0.2) is 0 Å². The van der Waals surface area contributed by atoms with Crippen molar-refractivity contribution in [2.45, 2.75) is 61.7 Å². The van der Waals surface area contributed by atoms with Crippen LogP contribution in [-0.4, -0.2) is 109 Å². The van der Waals surface area contributed by atoms with Crippen LogP contribution >= 0.6 is 0 Å². The molecule has 2 aromatic carbocycles. The van der Waals surface area contributed by atoms with Gasteiger partial charge in [0.15, 0.2) is 23.2 Å². The van der Waals surface area contributed by atoms with Crippen LogP contribution in [0, 0.1) is 0 Å². The highest BCUT2D eigenvalue weighted by atomic mass is 16.7. The standard InChI is InChI=1S/C27H30O15/c1-38-14-4-9(2-3-10(14)29)13-5-11(30)19-16(39-13)7-17(41-27-25(36)24(35)22(33)18(8-28)42-27)20(23(19)34)15-6-12(31)21(32)26(37)40-15/h2-5,7,12,15,18,21-22,24-29,31-37H,6,8H2,1H3/t12-,15-,18-,21+,22-,24+,25-,26-,27-/m1/s1. The normalized spacial score (nSPS) is 31.7. The molecule has 3 aromatic rings. The van der Waals surface area contributed by atoms with E-state index in [9.17, 15) is 50.8 Å². The minimum absolute atomic E-state index is 0.000349. The average molecular weight is 595 g/mol. The fourth-order valence-corrected chi connectivity index (χ4v) is 5.01. The molecule has 0 amide bonds. The Morgan fingerprint density at radius 2 is 1.64 bits per heavy atom. The number of methoxy groups -OCH3 is 1. The molecule has 2 aliphatic heterocycles. The highest BCUT2D eigenvalue weighted by Gasteiger charge is 2.46. The van der Waals surface area contributed by atoms with E-state index in [1.807, 2.05) is 0 Å². The minimum atomic E-state index is -1.89. The Balaban J connectivity index is 1.66. The van der Waals surface area contributed by atoms with E-state index in [2.05, 4.69) is 0 Å². The Bertz CT molecular complexity index is 1490. The van der Waals surface area contributed by atoms with Crippen LogP contribution in [0.15, 0.2) is 39.5 Å². The van der Waals surface area contributed by atoms with E-state index >= 15 is 0 Å². The number of phenols is 2. The molecule has 42 heavy (non-hydrogen) atoms. The van der Waals surface area contributed by atoms with E-state index in [4.69, 9.17) is 23.4 Å². The third kappa shape index (κ3) is 5.26. The van der Waals surface area contributed by atoms with Crippen molar-refractivity contribution in [1.82, 2.24) is 0 Å². The largest absolute Gasteiger partial charge is 0.506 e. The van der Waals surface area contributed by atoms with Gasteiger partial charge in [0.05, 0.1) is 31.5 Å². The van der Waals surface area contributed by atoms with Crippen LogP contribution in [0.5, 0.6) is 23.0 Å². The van der Waals surface area contributed by atoms with E-state index in [1.54, 1.807) is 0 Å². The summed E-state index contributed by atoms with van der Waals surface area (Å²) in [7, 11) is 1.33. The first-order valence-corrected chi connectivity index (χ1v) is 12.8. The van der Waals surface area contributed by atoms with Gasteiger partial charge in [0.25, 0.3) is 0 Å². The second kappa shape index (κ2) is 11.6. The molecule has 1 aromatic heterocycles. The van der Waals surface area contributed by atoms with Crippen molar-refractivity contribution in [2.24, 2.45) is 0 Å². The van der Waals surface area contributed by atoms with Crippen molar-refractivity contribution in [3.05, 3.63) is 46.1 Å². The van der Waals surface area contributed by atoms with Gasteiger partial charge in [-0.1, -0.05) is 0 Å². The van der Waals surface area contributed by atoms with Crippen molar-refractivity contribution in [3.63, 3.8) is 0 Å². The van der Waals surface area contributed by atoms with Gasteiger partial charge in [0.2, 0.25) is 6.29 Å². The number of phenolic OH excluding ortho intramolecular Hbond substituents is 2. The fraction of sp³-hybridized carbons (Fsp3) is 0.444. The summed E-state index contributed by atoms with van der Waals surface area (Å²) in [5.74, 6) is -1.16. The maximum atomic E-state index is 13.3. The number of hydrogen-bond acceptors (Lipinski definition) is 15. The van der Waals surface area contributed by atoms with Gasteiger partial charge in [0.1, 0.15) is 58.7 Å². The summed E-state index contributed by atoms with van der Waals surface area (Å²) in [5, 5.41) is 91.7. The number of benzene rings is 2. The van der Waals surface area contributed by atoms with E-state index in [1.165, 1.54) is 25.3 Å². The first-order valence-electron chi connectivity index (χ1n) is 12.8. The van der Waals surface area contributed by atoms with Crippen LogP contribution in [0.3, 0.4) is 0 Å². The zero-order chi connectivity index (χ0) is 30.5. The lowest BCUT2D eigenvalue weighted by molar-refractivity contribution is -0.278. The Morgan fingerprint density at radius 1 is 0.905 bits per heavy atom. The molecule has 0 saturated carbocycles. The molecule has 228 valence electrons. The molecule has 5 rings (SSSR count). The van der Waals surface area contributed by atoms with Gasteiger partial charge < -0.3 is 69.3 Å². The van der Waals surface area contributed by atoms with E-state index in [-0.39, 0.29) is 46.0 Å². The molecule has 9 N–H and O–H groups in total. The van der Waals surface area contributed by atoms with Crippen LogP contribution in [0.2, 0.25) is 0 Å². The van der Waals surface area contributed by atoms with Crippen molar-refractivity contribution in [2.75, 3.05) is 13.7 Å². The number of aliphatic hydroxyl groups excluding tert-OH is 7. The topological polar surface area (TPSA) is 249 Å². The van der Waals surface area contributed by atoms with Crippen molar-refractivity contribution >= 4 is 11.0 Å². The van der Waals surface area contributed by atoms with Crippen LogP contribution in [0.25, 0.3) is 22.3 Å². The lowest BCUT2D eigenvalue weighted by Gasteiger charge is -2.40. The number of hydrogen-bond donors (Lipinski definition) is 9. The first kappa shape index (κ1) is 30.0. The summed E-state index contributed by atoms with van der Waals surface area (Å²) >= 11 is 0. The Hall–Kier alpha value is -3.51. The molecule has 15 nitrogen and oxygen atoms in total. The second-order valence-corrected chi connectivity index (χ2v) is 10.00.